The van der Waals surface area contributed by atoms with E-state index >= 15 is 0 Å². The number of carbonyl (C=O) groups excluding carboxylic acids is 2. The Hall–Kier alpha value is -2.50. The first-order chi connectivity index (χ1) is 11.8. The van der Waals surface area contributed by atoms with Crippen molar-refractivity contribution in [1.29, 1.82) is 0 Å². The quantitative estimate of drug-likeness (QED) is 0.533. The van der Waals surface area contributed by atoms with Gasteiger partial charge in [0.1, 0.15) is 11.5 Å². The van der Waals surface area contributed by atoms with Crippen molar-refractivity contribution in [2.45, 2.75) is 39.8 Å². The first-order valence-electron chi connectivity index (χ1n) is 8.17. The molecule has 1 aromatic rings. The first kappa shape index (κ1) is 20.5. The second kappa shape index (κ2) is 9.71. The minimum Gasteiger partial charge on any atom is -0.497 e. The summed E-state index contributed by atoms with van der Waals surface area (Å²) < 4.78 is 15.4. The highest BCUT2D eigenvalue weighted by Gasteiger charge is 2.20. The van der Waals surface area contributed by atoms with Gasteiger partial charge in [0.2, 0.25) is 0 Å². The molecule has 6 heteroatoms. The molecule has 0 N–H and O–H groups in total. The van der Waals surface area contributed by atoms with E-state index in [0.717, 1.165) is 5.56 Å². The standard InChI is InChI=1S/C19H27NO5/c1-13(2)20(14(3)4)18(21)12-25-19(22)8-7-15-9-16(23-5)11-17(10-15)24-6/h7-11,13-14H,12H2,1-6H3/b8-7+. The molecule has 0 radical (unpaired) electrons. The zero-order valence-electron chi connectivity index (χ0n) is 15.7. The molecule has 1 aromatic carbocycles. The minimum atomic E-state index is -0.581. The smallest absolute Gasteiger partial charge is 0.331 e. The Morgan fingerprint density at radius 1 is 1.00 bits per heavy atom. The number of benzene rings is 1. The summed E-state index contributed by atoms with van der Waals surface area (Å²) in [5, 5.41) is 0. The fourth-order valence-electron chi connectivity index (χ4n) is 2.52. The number of rotatable bonds is 8. The summed E-state index contributed by atoms with van der Waals surface area (Å²) in [5.41, 5.74) is 0.727. The zero-order chi connectivity index (χ0) is 19.0. The van der Waals surface area contributed by atoms with Crippen molar-refractivity contribution in [1.82, 2.24) is 4.90 Å². The molecule has 0 saturated carbocycles. The fraction of sp³-hybridized carbons (Fsp3) is 0.474. The van der Waals surface area contributed by atoms with Gasteiger partial charge in [-0.15, -0.1) is 0 Å². The molecule has 0 aliphatic heterocycles. The molecule has 25 heavy (non-hydrogen) atoms. The Morgan fingerprint density at radius 2 is 1.52 bits per heavy atom. The molecule has 0 atom stereocenters. The second-order valence-electron chi connectivity index (χ2n) is 6.08. The molecule has 138 valence electrons. The van der Waals surface area contributed by atoms with Crippen LogP contribution in [0.25, 0.3) is 6.08 Å². The van der Waals surface area contributed by atoms with E-state index in [2.05, 4.69) is 0 Å². The number of carbonyl (C=O) groups is 2. The number of ether oxygens (including phenoxy) is 3. The van der Waals surface area contributed by atoms with Crippen molar-refractivity contribution in [2.24, 2.45) is 0 Å². The molecule has 0 aliphatic rings. The van der Waals surface area contributed by atoms with Gasteiger partial charge in [-0.25, -0.2) is 4.79 Å². The lowest BCUT2D eigenvalue weighted by Gasteiger charge is -2.30. The molecule has 0 bridgehead atoms. The summed E-state index contributed by atoms with van der Waals surface area (Å²) in [6.07, 6.45) is 2.86. The molecule has 6 nitrogen and oxygen atoms in total. The Kier molecular flexibility index (Phi) is 7.98. The maximum Gasteiger partial charge on any atom is 0.331 e. The monoisotopic (exact) mass is 349 g/mol. The molecular formula is C19H27NO5. The van der Waals surface area contributed by atoms with Crippen LogP contribution in [0.5, 0.6) is 11.5 Å². The third-order valence-corrected chi connectivity index (χ3v) is 3.52. The molecular weight excluding hydrogens is 322 g/mol. The maximum absolute atomic E-state index is 12.2. The van der Waals surface area contributed by atoms with E-state index in [1.165, 1.54) is 6.08 Å². The van der Waals surface area contributed by atoms with Crippen LogP contribution in [0.15, 0.2) is 24.3 Å². The molecule has 0 spiro atoms. The summed E-state index contributed by atoms with van der Waals surface area (Å²) in [7, 11) is 3.11. The Balaban J connectivity index is 2.68. The number of amides is 1. The number of methoxy groups -OCH3 is 2. The number of nitrogens with zero attached hydrogens (tertiary/aromatic N) is 1. The van der Waals surface area contributed by atoms with Gasteiger partial charge in [0.25, 0.3) is 5.91 Å². The van der Waals surface area contributed by atoms with Crippen molar-refractivity contribution in [2.75, 3.05) is 20.8 Å². The van der Waals surface area contributed by atoms with Crippen molar-refractivity contribution < 1.29 is 23.8 Å². The molecule has 0 aliphatic carbocycles. The summed E-state index contributed by atoms with van der Waals surface area (Å²) in [5.74, 6) is 0.441. The number of esters is 1. The van der Waals surface area contributed by atoms with Crippen LogP contribution in [0, 0.1) is 0 Å². The van der Waals surface area contributed by atoms with Gasteiger partial charge in [0, 0.05) is 24.2 Å². The summed E-state index contributed by atoms with van der Waals surface area (Å²) in [4.78, 5) is 25.7. The van der Waals surface area contributed by atoms with Crippen molar-refractivity contribution in [3.8, 4) is 11.5 Å². The third-order valence-electron chi connectivity index (χ3n) is 3.52. The molecule has 1 amide bonds. The van der Waals surface area contributed by atoms with Gasteiger partial charge in [0.15, 0.2) is 6.61 Å². The molecule has 1 rings (SSSR count). The highest BCUT2D eigenvalue weighted by Crippen LogP contribution is 2.23. The third kappa shape index (κ3) is 6.49. The van der Waals surface area contributed by atoms with Crippen LogP contribution in [0.4, 0.5) is 0 Å². The van der Waals surface area contributed by atoms with Crippen molar-refractivity contribution in [3.05, 3.63) is 29.8 Å². The van der Waals surface area contributed by atoms with Gasteiger partial charge in [-0.3, -0.25) is 4.79 Å². The van der Waals surface area contributed by atoms with Gasteiger partial charge < -0.3 is 19.1 Å². The van der Waals surface area contributed by atoms with E-state index in [4.69, 9.17) is 14.2 Å². The molecule has 0 saturated heterocycles. The Labute approximate surface area is 149 Å². The van der Waals surface area contributed by atoms with Crippen LogP contribution >= 0.6 is 0 Å². The first-order valence-corrected chi connectivity index (χ1v) is 8.17. The predicted octanol–water partition coefficient (Wildman–Crippen LogP) is 2.91. The SMILES string of the molecule is COc1cc(/C=C/C(=O)OCC(=O)N(C(C)C)C(C)C)cc(OC)c1. The molecule has 0 heterocycles. The number of hydrogen-bond acceptors (Lipinski definition) is 5. The van der Waals surface area contributed by atoms with Crippen LogP contribution in [-0.2, 0) is 14.3 Å². The highest BCUT2D eigenvalue weighted by atomic mass is 16.5. The van der Waals surface area contributed by atoms with Gasteiger partial charge in [-0.05, 0) is 51.5 Å². The maximum atomic E-state index is 12.2. The van der Waals surface area contributed by atoms with Crippen LogP contribution in [0.3, 0.4) is 0 Å². The van der Waals surface area contributed by atoms with Crippen molar-refractivity contribution >= 4 is 18.0 Å². The Bertz CT molecular complexity index is 592. The minimum absolute atomic E-state index is 0.0472. The normalized spacial score (nSPS) is 11.0. The van der Waals surface area contributed by atoms with Gasteiger partial charge >= 0.3 is 5.97 Å². The topological polar surface area (TPSA) is 65.1 Å². The van der Waals surface area contributed by atoms with Crippen LogP contribution in [0.1, 0.15) is 33.3 Å². The van der Waals surface area contributed by atoms with Crippen LogP contribution < -0.4 is 9.47 Å². The largest absolute Gasteiger partial charge is 0.497 e. The Morgan fingerprint density at radius 3 is 1.96 bits per heavy atom. The van der Waals surface area contributed by atoms with E-state index in [0.29, 0.717) is 11.5 Å². The van der Waals surface area contributed by atoms with E-state index < -0.39 is 5.97 Å². The zero-order valence-corrected chi connectivity index (χ0v) is 15.7. The summed E-state index contributed by atoms with van der Waals surface area (Å²) in [6.45, 7) is 7.43. The van der Waals surface area contributed by atoms with E-state index in [-0.39, 0.29) is 24.6 Å². The van der Waals surface area contributed by atoms with E-state index in [1.54, 1.807) is 43.4 Å². The van der Waals surface area contributed by atoms with Gasteiger partial charge in [0.05, 0.1) is 14.2 Å². The molecule has 0 fully saturated rings. The van der Waals surface area contributed by atoms with Gasteiger partial charge in [-0.1, -0.05) is 0 Å². The predicted molar refractivity (Wildman–Crippen MR) is 96.7 cm³/mol. The highest BCUT2D eigenvalue weighted by molar-refractivity contribution is 5.89. The fourth-order valence-corrected chi connectivity index (χ4v) is 2.52. The lowest BCUT2D eigenvalue weighted by atomic mass is 10.2. The van der Waals surface area contributed by atoms with Crippen LogP contribution in [0.2, 0.25) is 0 Å². The summed E-state index contributed by atoms with van der Waals surface area (Å²) >= 11 is 0. The van der Waals surface area contributed by atoms with E-state index in [9.17, 15) is 9.59 Å². The molecule has 0 aromatic heterocycles. The second-order valence-corrected chi connectivity index (χ2v) is 6.08. The van der Waals surface area contributed by atoms with Crippen molar-refractivity contribution in [3.63, 3.8) is 0 Å². The lowest BCUT2D eigenvalue weighted by molar-refractivity contribution is -0.150. The number of hydrogen-bond donors (Lipinski definition) is 0. The lowest BCUT2D eigenvalue weighted by Crippen LogP contribution is -2.44. The average molecular weight is 349 g/mol. The van der Waals surface area contributed by atoms with Crippen LogP contribution in [-0.4, -0.2) is 49.7 Å². The molecule has 0 unspecified atom stereocenters. The van der Waals surface area contributed by atoms with Gasteiger partial charge in [-0.2, -0.15) is 0 Å². The average Bonchev–Trinajstić information content (AvgIpc) is 2.57. The summed E-state index contributed by atoms with van der Waals surface area (Å²) in [6, 6.07) is 5.35. The van der Waals surface area contributed by atoms with E-state index in [1.807, 2.05) is 27.7 Å².